The van der Waals surface area contributed by atoms with Crippen LogP contribution in [-0.2, 0) is 14.8 Å². The van der Waals surface area contributed by atoms with Crippen LogP contribution in [0.3, 0.4) is 0 Å². The molecule has 0 aromatic heterocycles. The molecule has 0 aliphatic rings. The summed E-state index contributed by atoms with van der Waals surface area (Å²) in [6, 6.07) is 14.4. The summed E-state index contributed by atoms with van der Waals surface area (Å²) in [6.07, 6.45) is 1.82. The predicted molar refractivity (Wildman–Crippen MR) is 126 cm³/mol. The Balaban J connectivity index is 1.88. The Morgan fingerprint density at radius 1 is 1.00 bits per heavy atom. The van der Waals surface area contributed by atoms with Crippen LogP contribution in [0.2, 0.25) is 0 Å². The summed E-state index contributed by atoms with van der Waals surface area (Å²) in [5.74, 6) is 0.290. The maximum absolute atomic E-state index is 12.3. The van der Waals surface area contributed by atoms with E-state index in [1.807, 2.05) is 6.92 Å². The molecule has 0 aliphatic heterocycles. The van der Waals surface area contributed by atoms with Gasteiger partial charge in [0, 0.05) is 31.1 Å². The lowest BCUT2D eigenvalue weighted by Crippen LogP contribution is -2.40. The summed E-state index contributed by atoms with van der Waals surface area (Å²) in [5.41, 5.74) is 1.99. The third kappa shape index (κ3) is 7.91. The van der Waals surface area contributed by atoms with Gasteiger partial charge in [-0.1, -0.05) is 17.7 Å². The van der Waals surface area contributed by atoms with Crippen LogP contribution >= 0.6 is 11.8 Å². The van der Waals surface area contributed by atoms with E-state index in [4.69, 9.17) is 0 Å². The fourth-order valence-electron chi connectivity index (χ4n) is 2.74. The van der Waals surface area contributed by atoms with Gasteiger partial charge in [0.15, 0.2) is 0 Å². The number of hydrogen-bond donors (Lipinski definition) is 1. The highest BCUT2D eigenvalue weighted by molar-refractivity contribution is 7.99. The van der Waals surface area contributed by atoms with E-state index in [0.29, 0.717) is 17.8 Å². The van der Waals surface area contributed by atoms with Crippen molar-refractivity contribution in [3.63, 3.8) is 0 Å². The molecule has 7 nitrogen and oxygen atoms in total. The molecule has 0 saturated carbocycles. The fraction of sp³-hybridized carbons (Fsp3) is 0.364. The number of carbonyl (C=O) groups excluding carboxylic acids is 2. The van der Waals surface area contributed by atoms with Crippen molar-refractivity contribution >= 4 is 39.3 Å². The lowest BCUT2D eigenvalue weighted by Gasteiger charge is -2.22. The zero-order chi connectivity index (χ0) is 23.0. The van der Waals surface area contributed by atoms with Crippen molar-refractivity contribution in [3.8, 4) is 0 Å². The molecule has 0 bridgehead atoms. The number of carbonyl (C=O) groups is 2. The molecule has 0 aliphatic carbocycles. The first-order chi connectivity index (χ1) is 14.6. The number of rotatable bonds is 10. The van der Waals surface area contributed by atoms with Crippen molar-refractivity contribution in [2.75, 3.05) is 43.5 Å². The monoisotopic (exact) mass is 463 g/mol. The molecule has 2 aromatic carbocycles. The minimum Gasteiger partial charge on any atom is -0.354 e. The third-order valence-corrected chi connectivity index (χ3v) is 6.67. The minimum absolute atomic E-state index is 0.182. The summed E-state index contributed by atoms with van der Waals surface area (Å²) >= 11 is 1.71. The molecule has 0 spiro atoms. The lowest BCUT2D eigenvalue weighted by molar-refractivity contribution is -0.119. The Hall–Kier alpha value is -2.52. The van der Waals surface area contributed by atoms with E-state index in [-0.39, 0.29) is 18.4 Å². The number of thioether (sulfide) groups is 1. The molecular formula is C22H29N3O4S2. The molecule has 2 rings (SSSR count). The highest BCUT2D eigenvalue weighted by Crippen LogP contribution is 2.20. The van der Waals surface area contributed by atoms with Crippen LogP contribution in [0, 0.1) is 6.92 Å². The minimum atomic E-state index is -3.66. The molecule has 0 fully saturated rings. The number of anilines is 1. The Morgan fingerprint density at radius 3 is 2.16 bits per heavy atom. The number of sulfonamides is 1. The summed E-state index contributed by atoms with van der Waals surface area (Å²) in [5, 5.41) is 2.78. The molecule has 0 heterocycles. The number of nitrogens with zero attached hydrogens (tertiary/aromatic N) is 2. The van der Waals surface area contributed by atoms with E-state index in [9.17, 15) is 18.0 Å². The van der Waals surface area contributed by atoms with Crippen LogP contribution in [0.15, 0.2) is 53.4 Å². The second-order valence-electron chi connectivity index (χ2n) is 7.38. The van der Waals surface area contributed by atoms with Crippen molar-refractivity contribution in [2.45, 2.75) is 18.2 Å². The van der Waals surface area contributed by atoms with Crippen molar-refractivity contribution in [2.24, 2.45) is 0 Å². The van der Waals surface area contributed by atoms with Gasteiger partial charge < -0.3 is 10.2 Å². The van der Waals surface area contributed by atoms with Gasteiger partial charge in [-0.05, 0) is 55.5 Å². The predicted octanol–water partition coefficient (Wildman–Crippen LogP) is 2.76. The number of benzene rings is 2. The van der Waals surface area contributed by atoms with Gasteiger partial charge in [-0.3, -0.25) is 13.9 Å². The van der Waals surface area contributed by atoms with Crippen LogP contribution in [0.25, 0.3) is 0 Å². The molecule has 0 atom stereocenters. The van der Waals surface area contributed by atoms with Crippen molar-refractivity contribution < 1.29 is 18.0 Å². The maximum Gasteiger partial charge on any atom is 0.253 e. The zero-order valence-electron chi connectivity index (χ0n) is 18.3. The first-order valence-corrected chi connectivity index (χ1v) is 12.7. The summed E-state index contributed by atoms with van der Waals surface area (Å²) in [4.78, 5) is 26.9. The van der Waals surface area contributed by atoms with Crippen LogP contribution < -0.4 is 9.62 Å². The average molecular weight is 464 g/mol. The smallest absolute Gasteiger partial charge is 0.253 e. The van der Waals surface area contributed by atoms with Crippen LogP contribution in [0.5, 0.6) is 0 Å². The molecule has 1 N–H and O–H groups in total. The van der Waals surface area contributed by atoms with Gasteiger partial charge in [-0.25, -0.2) is 8.42 Å². The van der Waals surface area contributed by atoms with E-state index in [1.54, 1.807) is 38.0 Å². The SMILES string of the molecule is Cc1ccc(SCCCNC(=O)CN(c2ccc(C(=O)N(C)C)cc2)S(C)(=O)=O)cc1. The summed E-state index contributed by atoms with van der Waals surface area (Å²) < 4.78 is 25.5. The second-order valence-corrected chi connectivity index (χ2v) is 10.5. The van der Waals surface area contributed by atoms with E-state index in [2.05, 4.69) is 29.6 Å². The Bertz CT molecular complexity index is 988. The van der Waals surface area contributed by atoms with E-state index in [1.165, 1.54) is 27.5 Å². The number of nitrogens with one attached hydrogen (secondary N) is 1. The number of hydrogen-bond acceptors (Lipinski definition) is 5. The van der Waals surface area contributed by atoms with E-state index >= 15 is 0 Å². The lowest BCUT2D eigenvalue weighted by atomic mass is 10.2. The molecule has 0 unspecified atom stereocenters. The molecule has 0 saturated heterocycles. The third-order valence-electron chi connectivity index (χ3n) is 4.43. The van der Waals surface area contributed by atoms with Crippen molar-refractivity contribution in [3.05, 3.63) is 59.7 Å². The maximum atomic E-state index is 12.3. The number of amides is 2. The molecule has 0 radical (unpaired) electrons. The summed E-state index contributed by atoms with van der Waals surface area (Å²) in [6.45, 7) is 2.19. The Morgan fingerprint density at radius 2 is 1.61 bits per heavy atom. The van der Waals surface area contributed by atoms with Gasteiger partial charge in [0.1, 0.15) is 6.54 Å². The van der Waals surface area contributed by atoms with Gasteiger partial charge in [-0.2, -0.15) is 0 Å². The first-order valence-electron chi connectivity index (χ1n) is 9.83. The topological polar surface area (TPSA) is 86.8 Å². The molecule has 31 heavy (non-hydrogen) atoms. The van der Waals surface area contributed by atoms with Crippen molar-refractivity contribution in [1.82, 2.24) is 10.2 Å². The molecule has 9 heteroatoms. The Labute approximate surface area is 188 Å². The standard InChI is InChI=1S/C22H29N3O4S2/c1-17-6-12-20(13-7-17)30-15-5-14-23-21(26)16-25(31(4,28)29)19-10-8-18(9-11-19)22(27)24(2)3/h6-13H,5,14-16H2,1-4H3,(H,23,26). The van der Waals surface area contributed by atoms with Gasteiger partial charge in [0.05, 0.1) is 11.9 Å². The van der Waals surface area contributed by atoms with Gasteiger partial charge in [0.25, 0.3) is 5.91 Å². The van der Waals surface area contributed by atoms with Crippen LogP contribution in [0.4, 0.5) is 5.69 Å². The molecule has 2 aromatic rings. The fourth-order valence-corrected chi connectivity index (χ4v) is 4.45. The largest absolute Gasteiger partial charge is 0.354 e. The molecule has 168 valence electrons. The highest BCUT2D eigenvalue weighted by Gasteiger charge is 2.21. The Kier molecular flexibility index (Phi) is 8.94. The van der Waals surface area contributed by atoms with Gasteiger partial charge in [0.2, 0.25) is 15.9 Å². The normalized spacial score (nSPS) is 11.1. The van der Waals surface area contributed by atoms with Crippen LogP contribution in [0.1, 0.15) is 22.3 Å². The van der Waals surface area contributed by atoms with E-state index in [0.717, 1.165) is 22.7 Å². The molecular weight excluding hydrogens is 434 g/mol. The average Bonchev–Trinajstić information content (AvgIpc) is 2.72. The highest BCUT2D eigenvalue weighted by atomic mass is 32.2. The van der Waals surface area contributed by atoms with Crippen molar-refractivity contribution in [1.29, 1.82) is 0 Å². The van der Waals surface area contributed by atoms with Gasteiger partial charge >= 0.3 is 0 Å². The second kappa shape index (κ2) is 11.2. The van der Waals surface area contributed by atoms with Crippen LogP contribution in [-0.4, -0.2) is 64.3 Å². The summed E-state index contributed by atoms with van der Waals surface area (Å²) in [7, 11) is -0.381. The zero-order valence-corrected chi connectivity index (χ0v) is 19.9. The van der Waals surface area contributed by atoms with Gasteiger partial charge in [-0.15, -0.1) is 11.8 Å². The quantitative estimate of drug-likeness (QED) is 0.433. The number of aryl methyl sites for hydroxylation is 1. The van der Waals surface area contributed by atoms with E-state index < -0.39 is 10.0 Å². The molecule has 2 amide bonds. The first kappa shape index (κ1) is 24.7.